The highest BCUT2D eigenvalue weighted by molar-refractivity contribution is 7.89. The molecule has 1 aromatic carbocycles. The molecule has 0 saturated carbocycles. The summed E-state index contributed by atoms with van der Waals surface area (Å²) in [6.45, 7) is 4.32. The zero-order valence-electron chi connectivity index (χ0n) is 15.0. The molecule has 0 radical (unpaired) electrons. The van der Waals surface area contributed by atoms with Crippen molar-refractivity contribution in [1.29, 1.82) is 0 Å². The van der Waals surface area contributed by atoms with Crippen LogP contribution in [0.25, 0.3) is 0 Å². The number of sulfonamides is 1. The van der Waals surface area contributed by atoms with Crippen molar-refractivity contribution in [3.8, 4) is 0 Å². The summed E-state index contributed by atoms with van der Waals surface area (Å²) in [6.07, 6.45) is 0. The van der Waals surface area contributed by atoms with Crippen LogP contribution >= 0.6 is 0 Å². The van der Waals surface area contributed by atoms with Crippen LogP contribution in [0.4, 0.5) is 0 Å². The molecule has 1 heterocycles. The molecule has 0 aliphatic heterocycles. The molecular weight excluding hydrogens is 370 g/mol. The normalized spacial score (nSPS) is 11.4. The highest BCUT2D eigenvalue weighted by Crippen LogP contribution is 2.11. The lowest BCUT2D eigenvalue weighted by atomic mass is 10.2. The topological polar surface area (TPSA) is 125 Å². The number of pyridine rings is 1. The van der Waals surface area contributed by atoms with Gasteiger partial charge in [-0.3, -0.25) is 4.79 Å². The van der Waals surface area contributed by atoms with E-state index in [1.54, 1.807) is 12.1 Å². The third kappa shape index (κ3) is 5.87. The van der Waals surface area contributed by atoms with Crippen LogP contribution in [-0.4, -0.2) is 36.9 Å². The maximum absolute atomic E-state index is 12.1. The number of carboxylic acid groups (broad SMARTS) is 1. The van der Waals surface area contributed by atoms with Crippen LogP contribution in [0.5, 0.6) is 0 Å². The standard InChI is InChI=1S/C18H21N3O5S/c1-12(2)10-20-27(25,26)14-8-6-13(7-9-14)11-19-17(22)15-4-3-5-16(21-15)18(23)24/h3-9,12,20H,10-11H2,1-2H3,(H,19,22)(H,23,24). The summed E-state index contributed by atoms with van der Waals surface area (Å²) in [5.41, 5.74) is 0.471. The number of aromatic nitrogens is 1. The van der Waals surface area contributed by atoms with E-state index in [4.69, 9.17) is 5.11 Å². The predicted octanol–water partition coefficient (Wildman–Crippen LogP) is 1.64. The minimum atomic E-state index is -3.56. The molecule has 2 aromatic rings. The monoisotopic (exact) mass is 391 g/mol. The second-order valence-corrected chi connectivity index (χ2v) is 8.05. The van der Waals surface area contributed by atoms with Crippen molar-refractivity contribution < 1.29 is 23.1 Å². The number of carbonyl (C=O) groups is 2. The van der Waals surface area contributed by atoms with Gasteiger partial charge in [-0.25, -0.2) is 22.9 Å². The van der Waals surface area contributed by atoms with E-state index in [2.05, 4.69) is 15.0 Å². The van der Waals surface area contributed by atoms with Crippen LogP contribution < -0.4 is 10.0 Å². The molecule has 0 atom stereocenters. The van der Waals surface area contributed by atoms with Crippen LogP contribution in [0.15, 0.2) is 47.4 Å². The first kappa shape index (κ1) is 20.5. The number of aromatic carboxylic acids is 1. The molecule has 0 unspecified atom stereocenters. The second kappa shape index (κ2) is 8.74. The Kier molecular flexibility index (Phi) is 6.65. The first-order valence-corrected chi connectivity index (χ1v) is 9.74. The maximum Gasteiger partial charge on any atom is 0.354 e. The summed E-state index contributed by atoms with van der Waals surface area (Å²) in [7, 11) is -3.56. The van der Waals surface area contributed by atoms with Gasteiger partial charge in [0.25, 0.3) is 5.91 Å². The molecule has 0 aliphatic carbocycles. The fourth-order valence-corrected chi connectivity index (χ4v) is 3.31. The molecule has 0 saturated heterocycles. The van der Waals surface area contributed by atoms with E-state index < -0.39 is 21.9 Å². The molecule has 0 aliphatic rings. The second-order valence-electron chi connectivity index (χ2n) is 6.29. The van der Waals surface area contributed by atoms with Gasteiger partial charge in [0.2, 0.25) is 10.0 Å². The molecule has 2 rings (SSSR count). The Morgan fingerprint density at radius 1 is 1.07 bits per heavy atom. The zero-order valence-corrected chi connectivity index (χ0v) is 15.8. The van der Waals surface area contributed by atoms with Gasteiger partial charge in [-0.05, 0) is 35.7 Å². The Labute approximate surface area is 157 Å². The molecule has 144 valence electrons. The molecule has 27 heavy (non-hydrogen) atoms. The molecule has 9 heteroatoms. The molecule has 1 aromatic heterocycles. The maximum atomic E-state index is 12.1. The summed E-state index contributed by atoms with van der Waals surface area (Å²) in [6, 6.07) is 10.3. The number of carbonyl (C=O) groups excluding carboxylic acids is 1. The fourth-order valence-electron chi connectivity index (χ4n) is 2.10. The van der Waals surface area contributed by atoms with Crippen LogP contribution in [0.1, 0.15) is 40.4 Å². The molecular formula is C18H21N3O5S. The SMILES string of the molecule is CC(C)CNS(=O)(=O)c1ccc(CNC(=O)c2cccc(C(=O)O)n2)cc1. The van der Waals surface area contributed by atoms with Crippen molar-refractivity contribution in [3.05, 3.63) is 59.4 Å². The van der Waals surface area contributed by atoms with Gasteiger partial charge in [0.1, 0.15) is 11.4 Å². The molecule has 1 amide bonds. The van der Waals surface area contributed by atoms with Crippen molar-refractivity contribution >= 4 is 21.9 Å². The van der Waals surface area contributed by atoms with Crippen LogP contribution in [0.2, 0.25) is 0 Å². The van der Waals surface area contributed by atoms with Crippen molar-refractivity contribution in [2.45, 2.75) is 25.3 Å². The Morgan fingerprint density at radius 3 is 2.30 bits per heavy atom. The third-order valence-electron chi connectivity index (χ3n) is 3.57. The van der Waals surface area contributed by atoms with E-state index in [9.17, 15) is 18.0 Å². The number of nitrogens with zero attached hydrogens (tertiary/aromatic N) is 1. The largest absolute Gasteiger partial charge is 0.477 e. The summed E-state index contributed by atoms with van der Waals surface area (Å²) in [5.74, 6) is -1.54. The molecule has 8 nitrogen and oxygen atoms in total. The predicted molar refractivity (Wildman–Crippen MR) is 98.8 cm³/mol. The Hall–Kier alpha value is -2.78. The van der Waals surface area contributed by atoms with Gasteiger partial charge in [0.15, 0.2) is 0 Å². The molecule has 0 bridgehead atoms. The number of nitrogens with one attached hydrogen (secondary N) is 2. The molecule has 0 spiro atoms. The van der Waals surface area contributed by atoms with Crippen molar-refractivity contribution in [2.24, 2.45) is 5.92 Å². The zero-order chi connectivity index (χ0) is 20.0. The van der Waals surface area contributed by atoms with E-state index in [0.717, 1.165) is 0 Å². The summed E-state index contributed by atoms with van der Waals surface area (Å²) >= 11 is 0. The third-order valence-corrected chi connectivity index (χ3v) is 5.01. The number of hydrogen-bond donors (Lipinski definition) is 3. The smallest absolute Gasteiger partial charge is 0.354 e. The van der Waals surface area contributed by atoms with Crippen LogP contribution in [0, 0.1) is 5.92 Å². The van der Waals surface area contributed by atoms with Crippen molar-refractivity contribution in [1.82, 2.24) is 15.0 Å². The van der Waals surface area contributed by atoms with E-state index >= 15 is 0 Å². The average molecular weight is 391 g/mol. The van der Waals surface area contributed by atoms with Gasteiger partial charge in [-0.15, -0.1) is 0 Å². The minimum absolute atomic E-state index is 0.00742. The van der Waals surface area contributed by atoms with Gasteiger partial charge in [-0.1, -0.05) is 32.0 Å². The molecule has 3 N–H and O–H groups in total. The lowest BCUT2D eigenvalue weighted by molar-refractivity contribution is 0.0690. The summed E-state index contributed by atoms with van der Waals surface area (Å²) in [5, 5.41) is 11.5. The number of amides is 1. The van der Waals surface area contributed by atoms with Gasteiger partial charge in [0, 0.05) is 13.1 Å². The number of carboxylic acids is 1. The lowest BCUT2D eigenvalue weighted by Crippen LogP contribution is -2.27. The highest BCUT2D eigenvalue weighted by Gasteiger charge is 2.14. The number of hydrogen-bond acceptors (Lipinski definition) is 5. The number of rotatable bonds is 8. The first-order chi connectivity index (χ1) is 12.7. The van der Waals surface area contributed by atoms with Crippen LogP contribution in [0.3, 0.4) is 0 Å². The van der Waals surface area contributed by atoms with E-state index in [-0.39, 0.29) is 28.7 Å². The Morgan fingerprint density at radius 2 is 1.70 bits per heavy atom. The van der Waals surface area contributed by atoms with Crippen molar-refractivity contribution in [2.75, 3.05) is 6.54 Å². The summed E-state index contributed by atoms with van der Waals surface area (Å²) in [4.78, 5) is 26.9. The van der Waals surface area contributed by atoms with Crippen molar-refractivity contribution in [3.63, 3.8) is 0 Å². The fraction of sp³-hybridized carbons (Fsp3) is 0.278. The highest BCUT2D eigenvalue weighted by atomic mass is 32.2. The Balaban J connectivity index is 2.00. The van der Waals surface area contributed by atoms with Gasteiger partial charge < -0.3 is 10.4 Å². The van der Waals surface area contributed by atoms with E-state index in [1.807, 2.05) is 13.8 Å². The molecule has 0 fully saturated rings. The summed E-state index contributed by atoms with van der Waals surface area (Å²) < 4.78 is 26.8. The quantitative estimate of drug-likeness (QED) is 0.628. The average Bonchev–Trinajstić information content (AvgIpc) is 2.65. The van der Waals surface area contributed by atoms with Gasteiger partial charge in [-0.2, -0.15) is 0 Å². The van der Waals surface area contributed by atoms with E-state index in [1.165, 1.54) is 30.3 Å². The lowest BCUT2D eigenvalue weighted by Gasteiger charge is -2.10. The van der Waals surface area contributed by atoms with Crippen LogP contribution in [-0.2, 0) is 16.6 Å². The number of benzene rings is 1. The first-order valence-electron chi connectivity index (χ1n) is 8.26. The minimum Gasteiger partial charge on any atom is -0.477 e. The Bertz CT molecular complexity index is 924. The van der Waals surface area contributed by atoms with Gasteiger partial charge >= 0.3 is 5.97 Å². The van der Waals surface area contributed by atoms with Gasteiger partial charge in [0.05, 0.1) is 4.90 Å². The van der Waals surface area contributed by atoms with E-state index in [0.29, 0.717) is 12.1 Å².